The van der Waals surface area contributed by atoms with E-state index in [-0.39, 0.29) is 18.2 Å². The lowest BCUT2D eigenvalue weighted by atomic mass is 10.1. The lowest BCUT2D eigenvalue weighted by molar-refractivity contribution is -0.144. The first-order valence-electron chi connectivity index (χ1n) is 5.88. The fraction of sp³-hybridized carbons (Fsp3) is 0.833. The second kappa shape index (κ2) is 9.69. The van der Waals surface area contributed by atoms with Gasteiger partial charge in [-0.25, -0.2) is 0 Å². The van der Waals surface area contributed by atoms with E-state index in [2.05, 4.69) is 6.92 Å². The molecule has 0 spiro atoms. The third-order valence-electron chi connectivity index (χ3n) is 2.22. The molecule has 0 rings (SSSR count). The van der Waals surface area contributed by atoms with Crippen LogP contribution in [0.25, 0.3) is 0 Å². The van der Waals surface area contributed by atoms with Gasteiger partial charge < -0.3 is 4.74 Å². The number of unbranched alkanes of at least 4 members (excludes halogenated alkanes) is 3. The number of rotatable bonds is 9. The SMILES string of the molecule is CCCCCCC(=O)CCC(=O)OCC. The van der Waals surface area contributed by atoms with Crippen LogP contribution in [0.1, 0.15) is 58.8 Å². The summed E-state index contributed by atoms with van der Waals surface area (Å²) in [4.78, 5) is 22.3. The van der Waals surface area contributed by atoms with Gasteiger partial charge in [0.15, 0.2) is 0 Å². The number of hydrogen-bond donors (Lipinski definition) is 0. The fourth-order valence-corrected chi connectivity index (χ4v) is 1.35. The molecule has 3 heteroatoms. The Morgan fingerprint density at radius 2 is 1.67 bits per heavy atom. The van der Waals surface area contributed by atoms with Crippen LogP contribution in [0.3, 0.4) is 0 Å². The highest BCUT2D eigenvalue weighted by Crippen LogP contribution is 2.06. The van der Waals surface area contributed by atoms with Crippen LogP contribution in [0.2, 0.25) is 0 Å². The van der Waals surface area contributed by atoms with E-state index in [9.17, 15) is 9.59 Å². The van der Waals surface area contributed by atoms with Gasteiger partial charge in [-0.3, -0.25) is 9.59 Å². The van der Waals surface area contributed by atoms with Crippen LogP contribution in [0.5, 0.6) is 0 Å². The van der Waals surface area contributed by atoms with Gasteiger partial charge in [0.2, 0.25) is 0 Å². The van der Waals surface area contributed by atoms with Gasteiger partial charge in [0.1, 0.15) is 5.78 Å². The summed E-state index contributed by atoms with van der Waals surface area (Å²) in [5.74, 6) is -0.0847. The maximum Gasteiger partial charge on any atom is 0.306 e. The molecular formula is C12H22O3. The summed E-state index contributed by atoms with van der Waals surface area (Å²) in [6.45, 7) is 4.30. The molecule has 0 saturated carbocycles. The standard InChI is InChI=1S/C12H22O3/c1-3-5-6-7-8-11(13)9-10-12(14)15-4-2/h3-10H2,1-2H3. The number of carbonyl (C=O) groups is 2. The molecule has 0 atom stereocenters. The van der Waals surface area contributed by atoms with Gasteiger partial charge in [-0.15, -0.1) is 0 Å². The van der Waals surface area contributed by atoms with Crippen molar-refractivity contribution in [1.82, 2.24) is 0 Å². The molecule has 0 unspecified atom stereocenters. The average Bonchev–Trinajstić information content (AvgIpc) is 2.22. The van der Waals surface area contributed by atoms with E-state index in [4.69, 9.17) is 4.74 Å². The maximum absolute atomic E-state index is 11.3. The van der Waals surface area contributed by atoms with Crippen LogP contribution in [0, 0.1) is 0 Å². The van der Waals surface area contributed by atoms with Crippen molar-refractivity contribution in [2.45, 2.75) is 58.8 Å². The van der Waals surface area contributed by atoms with Gasteiger partial charge in [-0.2, -0.15) is 0 Å². The normalized spacial score (nSPS) is 10.0. The highest BCUT2D eigenvalue weighted by atomic mass is 16.5. The van der Waals surface area contributed by atoms with Gasteiger partial charge in [0, 0.05) is 12.8 Å². The molecule has 88 valence electrons. The smallest absolute Gasteiger partial charge is 0.306 e. The van der Waals surface area contributed by atoms with E-state index in [1.807, 2.05) is 0 Å². The lowest BCUT2D eigenvalue weighted by Crippen LogP contribution is -2.07. The Bertz CT molecular complexity index is 187. The highest BCUT2D eigenvalue weighted by molar-refractivity contribution is 5.82. The fourth-order valence-electron chi connectivity index (χ4n) is 1.35. The summed E-state index contributed by atoms with van der Waals surface area (Å²) in [6, 6.07) is 0. The van der Waals surface area contributed by atoms with Crippen molar-refractivity contribution in [3.05, 3.63) is 0 Å². The van der Waals surface area contributed by atoms with Crippen molar-refractivity contribution in [2.75, 3.05) is 6.61 Å². The summed E-state index contributed by atoms with van der Waals surface area (Å²) in [7, 11) is 0. The monoisotopic (exact) mass is 214 g/mol. The van der Waals surface area contributed by atoms with Crippen LogP contribution in [0.4, 0.5) is 0 Å². The largest absolute Gasteiger partial charge is 0.466 e. The van der Waals surface area contributed by atoms with E-state index in [1.54, 1.807) is 6.92 Å². The summed E-state index contributed by atoms with van der Waals surface area (Å²) in [5.41, 5.74) is 0. The molecule has 0 fully saturated rings. The number of Topliss-reactive ketones (excluding diaryl/α,β-unsaturated/α-hetero) is 1. The average molecular weight is 214 g/mol. The van der Waals surface area contributed by atoms with Gasteiger partial charge in [0.05, 0.1) is 13.0 Å². The summed E-state index contributed by atoms with van der Waals surface area (Å²) >= 11 is 0. The van der Waals surface area contributed by atoms with Crippen molar-refractivity contribution in [3.63, 3.8) is 0 Å². The summed E-state index contributed by atoms with van der Waals surface area (Å²) < 4.78 is 4.74. The third-order valence-corrected chi connectivity index (χ3v) is 2.22. The van der Waals surface area contributed by atoms with Crippen molar-refractivity contribution < 1.29 is 14.3 Å². The third kappa shape index (κ3) is 9.44. The number of ether oxygens (including phenoxy) is 1. The van der Waals surface area contributed by atoms with Crippen LogP contribution < -0.4 is 0 Å². The molecule has 0 aromatic rings. The van der Waals surface area contributed by atoms with Gasteiger partial charge >= 0.3 is 5.97 Å². The van der Waals surface area contributed by atoms with Crippen molar-refractivity contribution in [2.24, 2.45) is 0 Å². The first kappa shape index (κ1) is 14.1. The predicted octanol–water partition coefficient (Wildman–Crippen LogP) is 2.87. The van der Waals surface area contributed by atoms with Crippen LogP contribution in [0.15, 0.2) is 0 Å². The molecule has 0 aromatic heterocycles. The topological polar surface area (TPSA) is 43.4 Å². The minimum Gasteiger partial charge on any atom is -0.466 e. The Hall–Kier alpha value is -0.860. The molecule has 0 aliphatic heterocycles. The number of carbonyl (C=O) groups excluding carboxylic acids is 2. The number of hydrogen-bond acceptors (Lipinski definition) is 3. The Labute approximate surface area is 92.2 Å². The summed E-state index contributed by atoms with van der Waals surface area (Å²) in [6.07, 6.45) is 5.62. The zero-order chi connectivity index (χ0) is 11.5. The van der Waals surface area contributed by atoms with Gasteiger partial charge in [0.25, 0.3) is 0 Å². The highest BCUT2D eigenvalue weighted by Gasteiger charge is 2.06. The molecule has 0 saturated heterocycles. The molecule has 0 radical (unpaired) electrons. The Kier molecular flexibility index (Phi) is 9.13. The predicted molar refractivity (Wildman–Crippen MR) is 59.6 cm³/mol. The number of ketones is 1. The molecular weight excluding hydrogens is 192 g/mol. The van der Waals surface area contributed by atoms with Crippen LogP contribution >= 0.6 is 0 Å². The second-order valence-corrected chi connectivity index (χ2v) is 3.65. The van der Waals surface area contributed by atoms with E-state index in [0.717, 1.165) is 12.8 Å². The molecule has 0 N–H and O–H groups in total. The van der Waals surface area contributed by atoms with Crippen molar-refractivity contribution in [3.8, 4) is 0 Å². The Morgan fingerprint density at radius 3 is 2.27 bits per heavy atom. The van der Waals surface area contributed by atoms with E-state index < -0.39 is 0 Å². The molecule has 0 aliphatic carbocycles. The zero-order valence-corrected chi connectivity index (χ0v) is 9.88. The molecule has 0 amide bonds. The first-order valence-corrected chi connectivity index (χ1v) is 5.88. The molecule has 0 aliphatic rings. The van der Waals surface area contributed by atoms with E-state index in [0.29, 0.717) is 19.4 Å². The second-order valence-electron chi connectivity index (χ2n) is 3.65. The van der Waals surface area contributed by atoms with E-state index in [1.165, 1.54) is 12.8 Å². The van der Waals surface area contributed by atoms with Crippen molar-refractivity contribution >= 4 is 11.8 Å². The van der Waals surface area contributed by atoms with Crippen molar-refractivity contribution in [1.29, 1.82) is 0 Å². The van der Waals surface area contributed by atoms with Gasteiger partial charge in [-0.05, 0) is 13.3 Å². The maximum atomic E-state index is 11.3. The minimum atomic E-state index is -0.264. The molecule has 15 heavy (non-hydrogen) atoms. The Morgan fingerprint density at radius 1 is 0.933 bits per heavy atom. The zero-order valence-electron chi connectivity index (χ0n) is 9.88. The summed E-state index contributed by atoms with van der Waals surface area (Å²) in [5, 5.41) is 0. The van der Waals surface area contributed by atoms with Crippen LogP contribution in [-0.2, 0) is 14.3 Å². The molecule has 0 bridgehead atoms. The first-order chi connectivity index (χ1) is 7.20. The number of esters is 1. The minimum absolute atomic E-state index is 0.180. The quantitative estimate of drug-likeness (QED) is 0.438. The molecule has 3 nitrogen and oxygen atoms in total. The van der Waals surface area contributed by atoms with E-state index >= 15 is 0 Å². The van der Waals surface area contributed by atoms with Gasteiger partial charge in [-0.1, -0.05) is 26.2 Å². The lowest BCUT2D eigenvalue weighted by Gasteiger charge is -2.01. The van der Waals surface area contributed by atoms with Crippen LogP contribution in [-0.4, -0.2) is 18.4 Å². The Balaban J connectivity index is 3.36. The molecule has 0 heterocycles. The molecule has 0 aromatic carbocycles.